The molecular formula is C14H8N2O3. The van der Waals surface area contributed by atoms with Crippen LogP contribution in [0.5, 0.6) is 0 Å². The molecule has 0 bridgehead atoms. The highest BCUT2D eigenvalue weighted by Crippen LogP contribution is 2.13. The SMILES string of the molecule is O=c1[nH]c(=O)c2cc3ocncc3c3c2c1=CCC=3. The van der Waals surface area contributed by atoms with Crippen LogP contribution in [0.1, 0.15) is 6.42 Å². The maximum atomic E-state index is 11.9. The molecule has 0 aliphatic heterocycles. The summed E-state index contributed by atoms with van der Waals surface area (Å²) in [5, 5.41) is 3.38. The first-order valence-corrected chi connectivity index (χ1v) is 5.87. The lowest BCUT2D eigenvalue weighted by Gasteiger charge is -2.06. The van der Waals surface area contributed by atoms with Gasteiger partial charge in [-0.2, -0.15) is 0 Å². The zero-order valence-electron chi connectivity index (χ0n) is 9.77. The summed E-state index contributed by atoms with van der Waals surface area (Å²) in [6.45, 7) is 0. The van der Waals surface area contributed by atoms with Gasteiger partial charge in [-0.15, -0.1) is 0 Å². The van der Waals surface area contributed by atoms with Crippen molar-refractivity contribution < 1.29 is 4.42 Å². The minimum absolute atomic E-state index is 0.341. The third kappa shape index (κ3) is 1.26. The summed E-state index contributed by atoms with van der Waals surface area (Å²) in [5.41, 5.74) is -0.139. The van der Waals surface area contributed by atoms with Crippen molar-refractivity contribution in [3.63, 3.8) is 0 Å². The van der Waals surface area contributed by atoms with Crippen molar-refractivity contribution in [1.29, 1.82) is 0 Å². The van der Waals surface area contributed by atoms with Gasteiger partial charge in [-0.25, -0.2) is 4.98 Å². The standard InChI is InChI=1S/C14H8N2O3/c17-13-8-3-1-2-7-10-5-15-6-19-11(10)4-9(12(7)8)14(18)16-13/h2-6H,1H2,(H,16,17,18). The van der Waals surface area contributed by atoms with Gasteiger partial charge >= 0.3 is 0 Å². The van der Waals surface area contributed by atoms with Crippen molar-refractivity contribution in [2.24, 2.45) is 0 Å². The molecule has 0 unspecified atom stereocenters. The van der Waals surface area contributed by atoms with Crippen LogP contribution in [0.4, 0.5) is 0 Å². The minimum Gasteiger partial charge on any atom is -0.445 e. The molecule has 0 amide bonds. The topological polar surface area (TPSA) is 76.0 Å². The Bertz CT molecular complexity index is 1070. The van der Waals surface area contributed by atoms with Gasteiger partial charge in [0.25, 0.3) is 11.1 Å². The number of hydrogen-bond donors (Lipinski definition) is 1. The molecule has 5 heteroatoms. The van der Waals surface area contributed by atoms with Crippen LogP contribution in [0, 0.1) is 0 Å². The van der Waals surface area contributed by atoms with Crippen molar-refractivity contribution in [2.45, 2.75) is 6.42 Å². The molecule has 0 atom stereocenters. The number of nitrogens with one attached hydrogen (secondary N) is 1. The van der Waals surface area contributed by atoms with Crippen molar-refractivity contribution in [3.8, 4) is 0 Å². The molecule has 0 radical (unpaired) electrons. The van der Waals surface area contributed by atoms with Crippen LogP contribution < -0.4 is 21.6 Å². The fourth-order valence-corrected chi connectivity index (χ4v) is 2.64. The van der Waals surface area contributed by atoms with E-state index in [1.165, 1.54) is 6.39 Å². The Balaban J connectivity index is 2.53. The lowest BCUT2D eigenvalue weighted by Crippen LogP contribution is -2.38. The Morgan fingerprint density at radius 3 is 2.84 bits per heavy atom. The lowest BCUT2D eigenvalue weighted by atomic mass is 10.0. The quantitative estimate of drug-likeness (QED) is 0.571. The molecule has 0 saturated carbocycles. The molecule has 1 aliphatic carbocycles. The maximum Gasteiger partial charge on any atom is 0.258 e. The van der Waals surface area contributed by atoms with Gasteiger partial charge in [0.2, 0.25) is 0 Å². The van der Waals surface area contributed by atoms with E-state index in [1.54, 1.807) is 12.3 Å². The van der Waals surface area contributed by atoms with Crippen LogP contribution in [-0.4, -0.2) is 9.97 Å². The monoisotopic (exact) mass is 252 g/mol. The van der Waals surface area contributed by atoms with E-state index in [4.69, 9.17) is 4.42 Å². The van der Waals surface area contributed by atoms with Gasteiger partial charge in [0.15, 0.2) is 6.39 Å². The molecule has 1 aliphatic rings. The first-order chi connectivity index (χ1) is 9.25. The van der Waals surface area contributed by atoms with E-state index in [9.17, 15) is 9.59 Å². The fourth-order valence-electron chi connectivity index (χ4n) is 2.64. The predicted molar refractivity (Wildman–Crippen MR) is 71.2 cm³/mol. The van der Waals surface area contributed by atoms with E-state index < -0.39 is 0 Å². The molecule has 1 N–H and O–H groups in total. The average molecular weight is 252 g/mol. The zero-order chi connectivity index (χ0) is 13.0. The number of pyridine rings is 1. The molecule has 0 spiro atoms. The fraction of sp³-hybridized carbons (Fsp3) is 0.0714. The lowest BCUT2D eigenvalue weighted by molar-refractivity contribution is 0.579. The van der Waals surface area contributed by atoms with Crippen molar-refractivity contribution >= 4 is 33.9 Å². The van der Waals surface area contributed by atoms with Gasteiger partial charge < -0.3 is 4.42 Å². The second-order valence-electron chi connectivity index (χ2n) is 4.47. The molecule has 3 aromatic rings. The van der Waals surface area contributed by atoms with Crippen LogP contribution in [-0.2, 0) is 0 Å². The van der Waals surface area contributed by atoms with Crippen molar-refractivity contribution in [2.75, 3.05) is 0 Å². The summed E-state index contributed by atoms with van der Waals surface area (Å²) >= 11 is 0. The Labute approximate surface area is 105 Å². The second kappa shape index (κ2) is 3.41. The van der Waals surface area contributed by atoms with Gasteiger partial charge in [-0.05, 0) is 17.7 Å². The van der Waals surface area contributed by atoms with Gasteiger partial charge in [0.05, 0.1) is 5.39 Å². The Hall–Kier alpha value is -2.69. The Morgan fingerprint density at radius 1 is 1.11 bits per heavy atom. The first-order valence-electron chi connectivity index (χ1n) is 5.87. The van der Waals surface area contributed by atoms with E-state index >= 15 is 0 Å². The molecule has 0 saturated heterocycles. The maximum absolute atomic E-state index is 11.9. The summed E-state index contributed by atoms with van der Waals surface area (Å²) in [4.78, 5) is 30.1. The third-order valence-electron chi connectivity index (χ3n) is 3.44. The summed E-state index contributed by atoms with van der Waals surface area (Å²) in [7, 11) is 0. The highest BCUT2D eigenvalue weighted by atomic mass is 16.3. The Morgan fingerprint density at radius 2 is 1.95 bits per heavy atom. The molecule has 2 heterocycles. The number of hydrogen-bond acceptors (Lipinski definition) is 4. The van der Waals surface area contributed by atoms with Crippen LogP contribution in [0.2, 0.25) is 0 Å². The first kappa shape index (κ1) is 10.3. The molecule has 2 aromatic heterocycles. The number of rotatable bonds is 0. The highest BCUT2D eigenvalue weighted by molar-refractivity contribution is 5.97. The number of H-pyrrole nitrogens is 1. The third-order valence-corrected chi connectivity index (χ3v) is 3.44. The van der Waals surface area contributed by atoms with Crippen LogP contribution in [0.3, 0.4) is 0 Å². The van der Waals surface area contributed by atoms with E-state index in [-0.39, 0.29) is 11.1 Å². The van der Waals surface area contributed by atoms with Crippen molar-refractivity contribution in [1.82, 2.24) is 9.97 Å². The van der Waals surface area contributed by atoms with E-state index in [0.29, 0.717) is 28.0 Å². The average Bonchev–Trinajstić information content (AvgIpc) is 2.44. The zero-order valence-corrected chi connectivity index (χ0v) is 9.77. The summed E-state index contributed by atoms with van der Waals surface area (Å²) < 4.78 is 5.34. The molecular weight excluding hydrogens is 244 g/mol. The largest absolute Gasteiger partial charge is 0.445 e. The molecule has 4 rings (SSSR count). The number of aromatic nitrogens is 2. The molecule has 19 heavy (non-hydrogen) atoms. The highest BCUT2D eigenvalue weighted by Gasteiger charge is 2.12. The van der Waals surface area contributed by atoms with Crippen LogP contribution in [0.15, 0.2) is 32.7 Å². The minimum atomic E-state index is -0.386. The van der Waals surface area contributed by atoms with Crippen LogP contribution in [0.25, 0.3) is 33.9 Å². The molecule has 92 valence electrons. The number of fused-ring (bicyclic) bond motifs is 2. The number of benzene rings is 1. The number of nitrogens with zero attached hydrogens (tertiary/aromatic N) is 1. The van der Waals surface area contributed by atoms with Crippen LogP contribution >= 0.6 is 0 Å². The van der Waals surface area contributed by atoms with Crippen molar-refractivity contribution in [3.05, 3.63) is 49.8 Å². The van der Waals surface area contributed by atoms with Gasteiger partial charge in [0, 0.05) is 22.2 Å². The summed E-state index contributed by atoms with van der Waals surface area (Å²) in [6, 6.07) is 1.66. The predicted octanol–water partition coefficient (Wildman–Crippen LogP) is -0.00580. The van der Waals surface area contributed by atoms with E-state index in [1.807, 2.05) is 12.2 Å². The van der Waals surface area contributed by atoms with Gasteiger partial charge in [-0.1, -0.05) is 12.2 Å². The smallest absolute Gasteiger partial charge is 0.258 e. The molecule has 0 fully saturated rings. The summed E-state index contributed by atoms with van der Waals surface area (Å²) in [5.74, 6) is 0. The molecule has 5 nitrogen and oxygen atoms in total. The molecule has 1 aromatic carbocycles. The second-order valence-corrected chi connectivity index (χ2v) is 4.47. The summed E-state index contributed by atoms with van der Waals surface area (Å²) in [6.07, 6.45) is 7.47. The van der Waals surface area contributed by atoms with Gasteiger partial charge in [0.1, 0.15) is 5.58 Å². The van der Waals surface area contributed by atoms with Gasteiger partial charge in [-0.3, -0.25) is 14.6 Å². The van der Waals surface area contributed by atoms with E-state index in [2.05, 4.69) is 9.97 Å². The van der Waals surface area contributed by atoms with E-state index in [0.717, 1.165) is 10.6 Å². The Kier molecular flexibility index (Phi) is 1.84. The number of aromatic amines is 1. The normalized spacial score (nSPS) is 13.3.